The summed E-state index contributed by atoms with van der Waals surface area (Å²) >= 11 is 0. The zero-order valence-electron chi connectivity index (χ0n) is 14.6. The van der Waals surface area contributed by atoms with Crippen LogP contribution in [0, 0.1) is 0 Å². The fourth-order valence-electron chi connectivity index (χ4n) is 3.65. The molecule has 7 nitrogen and oxygen atoms in total. The Labute approximate surface area is 147 Å². The Kier molecular flexibility index (Phi) is 4.96. The third kappa shape index (κ3) is 3.21. The number of carboxylic acid groups (broad SMARTS) is 1. The minimum atomic E-state index is -1.03. The van der Waals surface area contributed by atoms with Gasteiger partial charge in [0, 0.05) is 31.5 Å². The van der Waals surface area contributed by atoms with Crippen molar-refractivity contribution in [3.63, 3.8) is 0 Å². The largest absolute Gasteiger partial charge is 0.497 e. The number of nitrogens with zero attached hydrogens (tertiary/aromatic N) is 2. The molecule has 1 aromatic rings. The number of piperidine rings is 1. The summed E-state index contributed by atoms with van der Waals surface area (Å²) < 4.78 is 11.0. The minimum Gasteiger partial charge on any atom is -0.497 e. The third-order valence-corrected chi connectivity index (χ3v) is 5.19. The van der Waals surface area contributed by atoms with E-state index in [1.54, 1.807) is 31.4 Å². The molecule has 1 atom stereocenters. The summed E-state index contributed by atoms with van der Waals surface area (Å²) in [5, 5.41) is 9.57. The van der Waals surface area contributed by atoms with E-state index in [4.69, 9.17) is 9.47 Å². The highest BCUT2D eigenvalue weighted by atomic mass is 16.5. The molecule has 1 aromatic carbocycles. The number of rotatable bonds is 4. The SMILES string of the molecule is CCN1CCC2(CC1)OC[C@@H](C(=O)O)N2C(=O)c1ccc(OC)cc1. The number of hydrogen-bond acceptors (Lipinski definition) is 5. The lowest BCUT2D eigenvalue weighted by atomic mass is 9.96. The highest BCUT2D eigenvalue weighted by Gasteiger charge is 2.53. The zero-order valence-corrected chi connectivity index (χ0v) is 14.6. The van der Waals surface area contributed by atoms with Crippen molar-refractivity contribution < 1.29 is 24.2 Å². The van der Waals surface area contributed by atoms with Gasteiger partial charge in [-0.2, -0.15) is 0 Å². The van der Waals surface area contributed by atoms with Crippen LogP contribution < -0.4 is 4.74 Å². The van der Waals surface area contributed by atoms with Gasteiger partial charge in [-0.05, 0) is 30.8 Å². The van der Waals surface area contributed by atoms with Crippen LogP contribution in [0.15, 0.2) is 24.3 Å². The van der Waals surface area contributed by atoms with Gasteiger partial charge in [0.05, 0.1) is 13.7 Å². The third-order valence-electron chi connectivity index (χ3n) is 5.19. The van der Waals surface area contributed by atoms with Gasteiger partial charge in [0.15, 0.2) is 6.04 Å². The Bertz CT molecular complexity index is 637. The lowest BCUT2D eigenvalue weighted by Gasteiger charge is -2.44. The Balaban J connectivity index is 1.89. The lowest BCUT2D eigenvalue weighted by Crippen LogP contribution is -2.58. The van der Waals surface area contributed by atoms with E-state index in [2.05, 4.69) is 11.8 Å². The molecule has 0 unspecified atom stereocenters. The van der Waals surface area contributed by atoms with Crippen LogP contribution in [-0.4, -0.2) is 71.9 Å². The van der Waals surface area contributed by atoms with Crippen molar-refractivity contribution in [1.29, 1.82) is 0 Å². The first kappa shape index (κ1) is 17.7. The molecule has 25 heavy (non-hydrogen) atoms. The number of benzene rings is 1. The molecule has 7 heteroatoms. The molecular formula is C18H24N2O5. The maximum Gasteiger partial charge on any atom is 0.328 e. The first-order chi connectivity index (χ1) is 12.0. The van der Waals surface area contributed by atoms with Crippen LogP contribution in [0.4, 0.5) is 0 Å². The van der Waals surface area contributed by atoms with Crippen molar-refractivity contribution in [2.45, 2.75) is 31.5 Å². The van der Waals surface area contributed by atoms with E-state index in [1.807, 2.05) is 0 Å². The van der Waals surface area contributed by atoms with Crippen molar-refractivity contribution in [3.05, 3.63) is 29.8 Å². The van der Waals surface area contributed by atoms with Crippen LogP contribution in [0.25, 0.3) is 0 Å². The molecule has 0 radical (unpaired) electrons. The summed E-state index contributed by atoms with van der Waals surface area (Å²) in [5.41, 5.74) is -0.388. The fraction of sp³-hybridized carbons (Fsp3) is 0.556. The molecule has 2 aliphatic heterocycles. The summed E-state index contributed by atoms with van der Waals surface area (Å²) in [6.07, 6.45) is 1.24. The van der Waals surface area contributed by atoms with Crippen LogP contribution in [0.3, 0.4) is 0 Å². The molecule has 136 valence electrons. The Hall–Kier alpha value is -2.12. The molecule has 1 N–H and O–H groups in total. The zero-order chi connectivity index (χ0) is 18.0. The van der Waals surface area contributed by atoms with Crippen molar-refractivity contribution in [2.75, 3.05) is 33.4 Å². The standard InChI is InChI=1S/C18H24N2O5/c1-3-19-10-8-18(9-11-19)20(15(12-25-18)17(22)23)16(21)13-4-6-14(24-2)7-5-13/h4-7,15H,3,8-12H2,1-2H3,(H,22,23)/t15-/m0/s1. The molecule has 0 saturated carbocycles. The van der Waals surface area contributed by atoms with Crippen molar-refractivity contribution in [3.8, 4) is 5.75 Å². The minimum absolute atomic E-state index is 0.0311. The van der Waals surface area contributed by atoms with E-state index >= 15 is 0 Å². The summed E-state index contributed by atoms with van der Waals surface area (Å²) in [5.74, 6) is -0.691. The number of aliphatic carboxylic acids is 1. The molecule has 2 fully saturated rings. The predicted octanol–water partition coefficient (Wildman–Crippen LogP) is 1.43. The first-order valence-corrected chi connectivity index (χ1v) is 8.57. The number of carbonyl (C=O) groups excluding carboxylic acids is 1. The second kappa shape index (κ2) is 7.01. The number of methoxy groups -OCH3 is 1. The van der Waals surface area contributed by atoms with Gasteiger partial charge in [0.1, 0.15) is 11.5 Å². The van der Waals surface area contributed by atoms with Gasteiger partial charge in [-0.25, -0.2) is 4.79 Å². The van der Waals surface area contributed by atoms with Gasteiger partial charge in [-0.1, -0.05) is 6.92 Å². The van der Waals surface area contributed by atoms with Gasteiger partial charge in [0.2, 0.25) is 0 Å². The molecule has 1 spiro atoms. The lowest BCUT2D eigenvalue weighted by molar-refractivity contribution is -0.143. The highest BCUT2D eigenvalue weighted by molar-refractivity contribution is 5.97. The summed E-state index contributed by atoms with van der Waals surface area (Å²) in [7, 11) is 1.56. The van der Waals surface area contributed by atoms with Gasteiger partial charge in [0.25, 0.3) is 5.91 Å². The molecule has 2 saturated heterocycles. The normalized spacial score (nSPS) is 23.0. The number of carbonyl (C=O) groups is 2. The van der Waals surface area contributed by atoms with Gasteiger partial charge in [-0.15, -0.1) is 0 Å². The maximum atomic E-state index is 13.1. The summed E-state index contributed by atoms with van der Waals surface area (Å²) in [6.45, 7) is 4.63. The summed E-state index contributed by atoms with van der Waals surface area (Å²) in [6, 6.07) is 5.77. The smallest absolute Gasteiger partial charge is 0.328 e. The Morgan fingerprint density at radius 1 is 1.28 bits per heavy atom. The molecule has 2 heterocycles. The maximum absolute atomic E-state index is 13.1. The molecule has 3 rings (SSSR count). The van der Waals surface area contributed by atoms with E-state index in [1.165, 1.54) is 4.90 Å². The average Bonchev–Trinajstić information content (AvgIpc) is 3.01. The van der Waals surface area contributed by atoms with E-state index in [0.717, 1.165) is 19.6 Å². The molecule has 1 amide bonds. The van der Waals surface area contributed by atoms with Crippen LogP contribution in [0.5, 0.6) is 5.75 Å². The van der Waals surface area contributed by atoms with Gasteiger partial charge < -0.3 is 19.5 Å². The number of hydrogen-bond donors (Lipinski definition) is 1. The highest BCUT2D eigenvalue weighted by Crippen LogP contribution is 2.38. The van der Waals surface area contributed by atoms with Crippen molar-refractivity contribution >= 4 is 11.9 Å². The molecule has 0 bridgehead atoms. The van der Waals surface area contributed by atoms with Gasteiger partial charge in [-0.3, -0.25) is 9.69 Å². The second-order valence-electron chi connectivity index (χ2n) is 6.45. The Morgan fingerprint density at radius 2 is 1.92 bits per heavy atom. The molecule has 0 aromatic heterocycles. The number of carboxylic acids is 1. The van der Waals surface area contributed by atoms with Crippen LogP contribution >= 0.6 is 0 Å². The fourth-order valence-corrected chi connectivity index (χ4v) is 3.65. The van der Waals surface area contributed by atoms with E-state index in [0.29, 0.717) is 24.2 Å². The average molecular weight is 348 g/mol. The second-order valence-corrected chi connectivity index (χ2v) is 6.45. The molecular weight excluding hydrogens is 324 g/mol. The van der Waals surface area contributed by atoms with Crippen LogP contribution in [0.1, 0.15) is 30.1 Å². The predicted molar refractivity (Wildman–Crippen MR) is 90.6 cm³/mol. The van der Waals surface area contributed by atoms with Crippen LogP contribution in [-0.2, 0) is 9.53 Å². The molecule has 0 aliphatic carbocycles. The van der Waals surface area contributed by atoms with Crippen LogP contribution in [0.2, 0.25) is 0 Å². The number of ether oxygens (including phenoxy) is 2. The van der Waals surface area contributed by atoms with E-state index in [9.17, 15) is 14.7 Å². The number of likely N-dealkylation sites (tertiary alicyclic amines) is 1. The van der Waals surface area contributed by atoms with E-state index < -0.39 is 17.7 Å². The monoisotopic (exact) mass is 348 g/mol. The van der Waals surface area contributed by atoms with Gasteiger partial charge >= 0.3 is 5.97 Å². The molecule has 2 aliphatic rings. The Morgan fingerprint density at radius 3 is 2.44 bits per heavy atom. The summed E-state index contributed by atoms with van der Waals surface area (Å²) in [4.78, 5) is 28.5. The van der Waals surface area contributed by atoms with Crippen molar-refractivity contribution in [2.24, 2.45) is 0 Å². The number of amides is 1. The topological polar surface area (TPSA) is 79.3 Å². The quantitative estimate of drug-likeness (QED) is 0.887. The van der Waals surface area contributed by atoms with E-state index in [-0.39, 0.29) is 12.5 Å². The first-order valence-electron chi connectivity index (χ1n) is 8.57. The van der Waals surface area contributed by atoms with Crippen molar-refractivity contribution in [1.82, 2.24) is 9.80 Å².